The summed E-state index contributed by atoms with van der Waals surface area (Å²) < 4.78 is 0. The van der Waals surface area contributed by atoms with Gasteiger partial charge in [-0.1, -0.05) is 31.5 Å². The fraction of sp³-hybridized carbons (Fsp3) is 0.500. The molecule has 1 atom stereocenters. The number of urea groups is 1. The van der Waals surface area contributed by atoms with Crippen LogP contribution in [-0.4, -0.2) is 29.7 Å². The summed E-state index contributed by atoms with van der Waals surface area (Å²) >= 11 is 0. The number of carbonyl (C=O) groups excluding carboxylic acids is 1. The lowest BCUT2D eigenvalue weighted by atomic mass is 9.70. The molecule has 0 radical (unpaired) electrons. The molecule has 1 saturated carbocycles. The van der Waals surface area contributed by atoms with Gasteiger partial charge in [0.15, 0.2) is 0 Å². The maximum atomic E-state index is 12.5. The monoisotopic (exact) mass is 288 g/mol. The largest absolute Gasteiger partial charge is 0.480 e. The van der Waals surface area contributed by atoms with E-state index in [9.17, 15) is 14.7 Å². The zero-order valence-corrected chi connectivity index (χ0v) is 12.1. The van der Waals surface area contributed by atoms with E-state index in [2.05, 4.69) is 12.2 Å². The molecule has 21 heavy (non-hydrogen) atoms. The number of carboxylic acids is 1. The van der Waals surface area contributed by atoms with Gasteiger partial charge in [0.1, 0.15) is 6.04 Å². The number of nitrogens with one attached hydrogen (secondary N) is 1. The molecule has 2 aliphatic rings. The van der Waals surface area contributed by atoms with Crippen LogP contribution in [0, 0.1) is 5.41 Å². The van der Waals surface area contributed by atoms with E-state index in [1.807, 2.05) is 24.3 Å². The van der Waals surface area contributed by atoms with Crippen LogP contribution in [0.15, 0.2) is 24.3 Å². The van der Waals surface area contributed by atoms with Crippen LogP contribution in [0.4, 0.5) is 10.5 Å². The summed E-state index contributed by atoms with van der Waals surface area (Å²) in [5.74, 6) is -0.962. The number of aliphatic carboxylic acids is 1. The number of amides is 2. The number of hydrogen-bond acceptors (Lipinski definition) is 2. The number of carboxylic acid groups (broad SMARTS) is 1. The van der Waals surface area contributed by atoms with Crippen molar-refractivity contribution in [3.63, 3.8) is 0 Å². The number of anilines is 1. The molecule has 1 aliphatic carbocycles. The SMILES string of the molecule is CC1(CNC(=O)N2c3ccccc3CC2C(=O)O)CCC1. The molecule has 0 aromatic heterocycles. The van der Waals surface area contributed by atoms with E-state index in [4.69, 9.17) is 0 Å². The van der Waals surface area contributed by atoms with Crippen molar-refractivity contribution in [3.05, 3.63) is 29.8 Å². The summed E-state index contributed by atoms with van der Waals surface area (Å²) in [6, 6.07) is 6.27. The van der Waals surface area contributed by atoms with Crippen molar-refractivity contribution in [2.75, 3.05) is 11.4 Å². The molecule has 5 nitrogen and oxygen atoms in total. The van der Waals surface area contributed by atoms with Crippen LogP contribution in [0.2, 0.25) is 0 Å². The first kappa shape index (κ1) is 13.9. The number of benzene rings is 1. The average molecular weight is 288 g/mol. The van der Waals surface area contributed by atoms with Gasteiger partial charge in [-0.25, -0.2) is 9.59 Å². The van der Waals surface area contributed by atoms with Crippen molar-refractivity contribution in [1.29, 1.82) is 0 Å². The molecule has 1 heterocycles. The number of nitrogens with zero attached hydrogens (tertiary/aromatic N) is 1. The molecular formula is C16H20N2O3. The first-order chi connectivity index (χ1) is 10.0. The molecule has 1 unspecified atom stereocenters. The van der Waals surface area contributed by atoms with E-state index in [1.54, 1.807) is 0 Å². The predicted octanol–water partition coefficient (Wildman–Crippen LogP) is 2.40. The van der Waals surface area contributed by atoms with Gasteiger partial charge in [0, 0.05) is 18.7 Å². The zero-order valence-electron chi connectivity index (χ0n) is 12.1. The Morgan fingerprint density at radius 1 is 1.38 bits per heavy atom. The number of para-hydroxylation sites is 1. The lowest BCUT2D eigenvalue weighted by molar-refractivity contribution is -0.138. The number of hydrogen-bond donors (Lipinski definition) is 2. The van der Waals surface area contributed by atoms with Crippen LogP contribution < -0.4 is 10.2 Å². The van der Waals surface area contributed by atoms with Crippen molar-refractivity contribution in [2.45, 2.75) is 38.6 Å². The van der Waals surface area contributed by atoms with Gasteiger partial charge in [0.2, 0.25) is 0 Å². The third kappa shape index (κ3) is 2.48. The smallest absolute Gasteiger partial charge is 0.327 e. The van der Waals surface area contributed by atoms with Crippen molar-refractivity contribution in [1.82, 2.24) is 5.32 Å². The molecule has 0 spiro atoms. The zero-order chi connectivity index (χ0) is 15.0. The molecule has 3 rings (SSSR count). The van der Waals surface area contributed by atoms with Crippen molar-refractivity contribution in [2.24, 2.45) is 5.41 Å². The Bertz CT molecular complexity index is 581. The van der Waals surface area contributed by atoms with Crippen molar-refractivity contribution < 1.29 is 14.7 Å². The van der Waals surface area contributed by atoms with Crippen LogP contribution in [0.25, 0.3) is 0 Å². The molecule has 2 amide bonds. The fourth-order valence-corrected chi connectivity index (χ4v) is 3.17. The minimum atomic E-state index is -0.962. The van der Waals surface area contributed by atoms with Crippen molar-refractivity contribution >= 4 is 17.7 Å². The first-order valence-corrected chi connectivity index (χ1v) is 7.38. The Morgan fingerprint density at radius 2 is 2.10 bits per heavy atom. The second-order valence-corrected chi connectivity index (χ2v) is 6.38. The summed E-state index contributed by atoms with van der Waals surface area (Å²) in [7, 11) is 0. The van der Waals surface area contributed by atoms with Gasteiger partial charge in [0.05, 0.1) is 0 Å². The third-order valence-corrected chi connectivity index (χ3v) is 4.71. The first-order valence-electron chi connectivity index (χ1n) is 7.38. The summed E-state index contributed by atoms with van der Waals surface area (Å²) in [5.41, 5.74) is 1.80. The van der Waals surface area contributed by atoms with E-state index in [0.717, 1.165) is 18.4 Å². The standard InChI is InChI=1S/C16H20N2O3/c1-16(7-4-8-16)10-17-15(21)18-12-6-3-2-5-11(12)9-13(18)14(19)20/h2-3,5-6,13H,4,7-10H2,1H3,(H,17,21)(H,19,20). The van der Waals surface area contributed by atoms with Gasteiger partial charge in [-0.05, 0) is 29.9 Å². The Labute approximate surface area is 123 Å². The summed E-state index contributed by atoms with van der Waals surface area (Å²) in [6.45, 7) is 2.76. The highest BCUT2D eigenvalue weighted by Gasteiger charge is 2.39. The highest BCUT2D eigenvalue weighted by Crippen LogP contribution is 2.39. The maximum absolute atomic E-state index is 12.5. The van der Waals surface area contributed by atoms with Crippen LogP contribution in [0.5, 0.6) is 0 Å². The molecule has 0 saturated heterocycles. The van der Waals surface area contributed by atoms with Gasteiger partial charge < -0.3 is 10.4 Å². The topological polar surface area (TPSA) is 69.6 Å². The lowest BCUT2D eigenvalue weighted by Crippen LogP contribution is -2.50. The summed E-state index contributed by atoms with van der Waals surface area (Å²) in [5, 5.41) is 12.3. The lowest BCUT2D eigenvalue weighted by Gasteiger charge is -2.39. The van der Waals surface area contributed by atoms with E-state index < -0.39 is 12.0 Å². The van der Waals surface area contributed by atoms with Gasteiger partial charge in [0.25, 0.3) is 0 Å². The van der Waals surface area contributed by atoms with Gasteiger partial charge in [-0.2, -0.15) is 0 Å². The highest BCUT2D eigenvalue weighted by molar-refractivity contribution is 6.01. The molecule has 1 aliphatic heterocycles. The predicted molar refractivity (Wildman–Crippen MR) is 79.4 cm³/mol. The Balaban J connectivity index is 1.77. The van der Waals surface area contributed by atoms with Crippen LogP contribution in [-0.2, 0) is 11.2 Å². The highest BCUT2D eigenvalue weighted by atomic mass is 16.4. The molecular weight excluding hydrogens is 268 g/mol. The maximum Gasteiger partial charge on any atom is 0.327 e. The molecule has 1 aromatic rings. The third-order valence-electron chi connectivity index (χ3n) is 4.71. The van der Waals surface area contributed by atoms with Gasteiger partial charge in [-0.15, -0.1) is 0 Å². The second kappa shape index (κ2) is 5.06. The van der Waals surface area contributed by atoms with E-state index >= 15 is 0 Å². The number of fused-ring (bicyclic) bond motifs is 1. The van der Waals surface area contributed by atoms with E-state index in [1.165, 1.54) is 11.3 Å². The van der Waals surface area contributed by atoms with Crippen LogP contribution >= 0.6 is 0 Å². The normalized spacial score (nSPS) is 22.3. The average Bonchev–Trinajstić information content (AvgIpc) is 2.82. The summed E-state index contributed by atoms with van der Waals surface area (Å²) in [4.78, 5) is 25.3. The van der Waals surface area contributed by atoms with E-state index in [0.29, 0.717) is 18.7 Å². The Morgan fingerprint density at radius 3 is 2.71 bits per heavy atom. The quantitative estimate of drug-likeness (QED) is 0.897. The molecule has 1 fully saturated rings. The molecule has 5 heteroatoms. The fourth-order valence-electron chi connectivity index (χ4n) is 3.17. The minimum absolute atomic E-state index is 0.174. The summed E-state index contributed by atoms with van der Waals surface area (Å²) in [6.07, 6.45) is 3.81. The van der Waals surface area contributed by atoms with Crippen LogP contribution in [0.1, 0.15) is 31.7 Å². The Kier molecular flexibility index (Phi) is 3.35. The minimum Gasteiger partial charge on any atom is -0.480 e. The molecule has 2 N–H and O–H groups in total. The van der Waals surface area contributed by atoms with Gasteiger partial charge >= 0.3 is 12.0 Å². The number of rotatable bonds is 3. The van der Waals surface area contributed by atoms with Crippen LogP contribution in [0.3, 0.4) is 0 Å². The molecule has 112 valence electrons. The molecule has 0 bridgehead atoms. The second-order valence-electron chi connectivity index (χ2n) is 6.38. The molecule has 1 aromatic carbocycles. The van der Waals surface area contributed by atoms with Crippen molar-refractivity contribution in [3.8, 4) is 0 Å². The number of carbonyl (C=O) groups is 2. The van der Waals surface area contributed by atoms with Gasteiger partial charge in [-0.3, -0.25) is 4.90 Å². The van der Waals surface area contributed by atoms with E-state index in [-0.39, 0.29) is 11.4 Å². The Hall–Kier alpha value is -2.04.